The smallest absolute Gasteiger partial charge is 0.264 e. The molecule has 1 aliphatic heterocycles. The second kappa shape index (κ2) is 11.8. The molecule has 0 spiro atoms. The molecular weight excluding hydrogens is 540 g/mol. The van der Waals surface area contributed by atoms with E-state index < -0.39 is 28.1 Å². The summed E-state index contributed by atoms with van der Waals surface area (Å²) in [4.78, 5) is 13.5. The maximum Gasteiger partial charge on any atom is 0.264 e. The molecule has 10 heteroatoms. The van der Waals surface area contributed by atoms with Crippen molar-refractivity contribution < 1.29 is 27.4 Å². The highest BCUT2D eigenvalue weighted by Gasteiger charge is 2.39. The number of halogens is 1. The largest absolute Gasteiger partial charge is 0.493 e. The zero-order chi connectivity index (χ0) is 28.2. The summed E-state index contributed by atoms with van der Waals surface area (Å²) in [6.45, 7) is 3.69. The van der Waals surface area contributed by atoms with E-state index in [2.05, 4.69) is 19.2 Å². The molecule has 1 unspecified atom stereocenters. The number of carbonyl (C=O) groups is 1. The van der Waals surface area contributed by atoms with Crippen molar-refractivity contribution in [3.05, 3.63) is 77.3 Å². The van der Waals surface area contributed by atoms with E-state index >= 15 is 0 Å². The van der Waals surface area contributed by atoms with Gasteiger partial charge in [0.25, 0.3) is 10.0 Å². The lowest BCUT2D eigenvalue weighted by molar-refractivity contribution is -0.121. The summed E-state index contributed by atoms with van der Waals surface area (Å²) < 4.78 is 45.8. The van der Waals surface area contributed by atoms with E-state index in [1.807, 2.05) is 24.3 Å². The van der Waals surface area contributed by atoms with Gasteiger partial charge in [0, 0.05) is 23.1 Å². The number of fused-ring (bicyclic) bond motifs is 1. The molecule has 8 nitrogen and oxygen atoms in total. The number of rotatable bonds is 10. The van der Waals surface area contributed by atoms with E-state index in [4.69, 9.17) is 25.8 Å². The number of hydrogen-bond donors (Lipinski definition) is 1. The fourth-order valence-corrected chi connectivity index (χ4v) is 6.39. The van der Waals surface area contributed by atoms with Gasteiger partial charge in [0.2, 0.25) is 5.91 Å². The Bertz CT molecular complexity index is 1420. The van der Waals surface area contributed by atoms with Crippen LogP contribution in [0, 0.1) is 0 Å². The first kappa shape index (κ1) is 28.6. The highest BCUT2D eigenvalue weighted by Crippen LogP contribution is 2.42. The Morgan fingerprint density at radius 2 is 1.69 bits per heavy atom. The molecule has 39 heavy (non-hydrogen) atoms. The molecule has 0 saturated heterocycles. The third-order valence-electron chi connectivity index (χ3n) is 7.17. The van der Waals surface area contributed by atoms with E-state index in [0.29, 0.717) is 22.9 Å². The standard InChI is InChI=1S/C29H33ClN2O6S/c1-5-29(6-2)18-24(23-9-7-8-10-25(23)38-29)31-28(33)19-32(21-13-11-20(30)12-14-21)39(34,35)22-15-16-26(36-3)27(17-22)37-4/h7-17,24H,5-6,18-19H2,1-4H3,(H,31,33). The molecule has 0 aliphatic carbocycles. The number of sulfonamides is 1. The minimum Gasteiger partial charge on any atom is -0.493 e. The zero-order valence-electron chi connectivity index (χ0n) is 22.4. The molecule has 4 rings (SSSR count). The second-order valence-electron chi connectivity index (χ2n) is 9.36. The average molecular weight is 573 g/mol. The predicted octanol–water partition coefficient (Wildman–Crippen LogP) is 5.75. The third kappa shape index (κ3) is 5.94. The van der Waals surface area contributed by atoms with Crippen LogP contribution in [-0.2, 0) is 14.8 Å². The molecule has 208 valence electrons. The minimum atomic E-state index is -4.18. The van der Waals surface area contributed by atoms with Crippen LogP contribution in [0.15, 0.2) is 71.6 Å². The van der Waals surface area contributed by atoms with Crippen molar-refractivity contribution in [3.63, 3.8) is 0 Å². The highest BCUT2D eigenvalue weighted by molar-refractivity contribution is 7.92. The van der Waals surface area contributed by atoms with E-state index in [-0.39, 0.29) is 16.7 Å². The van der Waals surface area contributed by atoms with Crippen LogP contribution in [0.2, 0.25) is 5.02 Å². The van der Waals surface area contributed by atoms with Crippen molar-refractivity contribution >= 4 is 33.2 Å². The topological polar surface area (TPSA) is 94.2 Å². The molecule has 1 N–H and O–H groups in total. The molecule has 1 atom stereocenters. The summed E-state index contributed by atoms with van der Waals surface area (Å²) in [5.41, 5.74) is 0.741. The van der Waals surface area contributed by atoms with Gasteiger partial charge in [0.15, 0.2) is 11.5 Å². The van der Waals surface area contributed by atoms with Gasteiger partial charge in [-0.2, -0.15) is 0 Å². The first-order valence-corrected chi connectivity index (χ1v) is 14.6. The molecule has 0 fully saturated rings. The molecule has 3 aromatic carbocycles. The van der Waals surface area contributed by atoms with Crippen LogP contribution in [0.4, 0.5) is 5.69 Å². The minimum absolute atomic E-state index is 0.0460. The van der Waals surface area contributed by atoms with Gasteiger partial charge in [-0.3, -0.25) is 9.10 Å². The SMILES string of the molecule is CCC1(CC)CC(NC(=O)CN(c2ccc(Cl)cc2)S(=O)(=O)c2ccc(OC)c(OC)c2)c2ccccc2O1. The van der Waals surface area contributed by atoms with E-state index in [9.17, 15) is 13.2 Å². The monoisotopic (exact) mass is 572 g/mol. The summed E-state index contributed by atoms with van der Waals surface area (Å²) in [6, 6.07) is 17.9. The Balaban J connectivity index is 1.68. The first-order valence-electron chi connectivity index (χ1n) is 12.7. The molecule has 0 aromatic heterocycles. The van der Waals surface area contributed by atoms with Crippen LogP contribution in [0.25, 0.3) is 0 Å². The second-order valence-corrected chi connectivity index (χ2v) is 11.7. The summed E-state index contributed by atoms with van der Waals surface area (Å²) in [5.74, 6) is 0.927. The van der Waals surface area contributed by atoms with Crippen LogP contribution < -0.4 is 23.8 Å². The van der Waals surface area contributed by atoms with Crippen molar-refractivity contribution in [1.29, 1.82) is 0 Å². The number of nitrogens with zero attached hydrogens (tertiary/aromatic N) is 1. The van der Waals surface area contributed by atoms with Crippen molar-refractivity contribution in [1.82, 2.24) is 5.32 Å². The van der Waals surface area contributed by atoms with Crippen molar-refractivity contribution in [2.24, 2.45) is 0 Å². The van der Waals surface area contributed by atoms with Crippen LogP contribution in [-0.4, -0.2) is 40.7 Å². The Kier molecular flexibility index (Phi) is 8.61. The van der Waals surface area contributed by atoms with Crippen LogP contribution >= 0.6 is 11.6 Å². The molecular formula is C29H33ClN2O6S. The number of benzene rings is 3. The summed E-state index contributed by atoms with van der Waals surface area (Å²) in [6.07, 6.45) is 2.12. The van der Waals surface area contributed by atoms with Gasteiger partial charge in [0.1, 0.15) is 17.9 Å². The van der Waals surface area contributed by atoms with Gasteiger partial charge in [-0.25, -0.2) is 8.42 Å². The average Bonchev–Trinajstić information content (AvgIpc) is 2.95. The zero-order valence-corrected chi connectivity index (χ0v) is 24.0. The fourth-order valence-electron chi connectivity index (χ4n) is 4.83. The quantitative estimate of drug-likeness (QED) is 0.332. The normalized spacial score (nSPS) is 16.0. The van der Waals surface area contributed by atoms with Crippen molar-refractivity contribution in [2.75, 3.05) is 25.1 Å². The van der Waals surface area contributed by atoms with Gasteiger partial charge >= 0.3 is 0 Å². The van der Waals surface area contributed by atoms with Crippen LogP contribution in [0.5, 0.6) is 17.2 Å². The number of ether oxygens (including phenoxy) is 3. The van der Waals surface area contributed by atoms with Crippen LogP contribution in [0.1, 0.15) is 44.7 Å². The Hall–Kier alpha value is -3.43. The Morgan fingerprint density at radius 3 is 2.33 bits per heavy atom. The number of carbonyl (C=O) groups excluding carboxylic acids is 1. The molecule has 1 heterocycles. The lowest BCUT2D eigenvalue weighted by atomic mass is 9.83. The maximum absolute atomic E-state index is 13.9. The lowest BCUT2D eigenvalue weighted by Crippen LogP contribution is -2.47. The third-order valence-corrected chi connectivity index (χ3v) is 9.19. The number of hydrogen-bond acceptors (Lipinski definition) is 6. The first-order chi connectivity index (χ1) is 18.7. The lowest BCUT2D eigenvalue weighted by Gasteiger charge is -2.41. The maximum atomic E-state index is 13.9. The molecule has 0 saturated carbocycles. The Morgan fingerprint density at radius 1 is 1.03 bits per heavy atom. The van der Waals surface area contributed by atoms with E-state index in [1.54, 1.807) is 24.3 Å². The van der Waals surface area contributed by atoms with E-state index in [1.165, 1.54) is 32.4 Å². The van der Waals surface area contributed by atoms with Gasteiger partial charge in [0.05, 0.1) is 30.8 Å². The molecule has 0 radical (unpaired) electrons. The summed E-state index contributed by atoms with van der Waals surface area (Å²) in [7, 11) is -1.29. The van der Waals surface area contributed by atoms with Gasteiger partial charge in [-0.1, -0.05) is 43.6 Å². The number of para-hydroxylation sites is 1. The number of nitrogens with one attached hydrogen (secondary N) is 1. The van der Waals surface area contributed by atoms with Crippen LogP contribution in [0.3, 0.4) is 0 Å². The molecule has 3 aromatic rings. The van der Waals surface area contributed by atoms with Gasteiger partial charge < -0.3 is 19.5 Å². The van der Waals surface area contributed by atoms with Gasteiger partial charge in [-0.05, 0) is 55.3 Å². The number of amides is 1. The molecule has 1 amide bonds. The highest BCUT2D eigenvalue weighted by atomic mass is 35.5. The van der Waals surface area contributed by atoms with Crippen molar-refractivity contribution in [2.45, 2.75) is 49.6 Å². The van der Waals surface area contributed by atoms with E-state index in [0.717, 1.165) is 28.5 Å². The molecule has 0 bridgehead atoms. The Labute approximate surface area is 234 Å². The number of methoxy groups -OCH3 is 2. The summed E-state index contributed by atoms with van der Waals surface area (Å²) in [5, 5.41) is 3.52. The molecule has 1 aliphatic rings. The van der Waals surface area contributed by atoms with Gasteiger partial charge in [-0.15, -0.1) is 0 Å². The summed E-state index contributed by atoms with van der Waals surface area (Å²) >= 11 is 6.07. The van der Waals surface area contributed by atoms with Crippen molar-refractivity contribution in [3.8, 4) is 17.2 Å². The fraction of sp³-hybridized carbons (Fsp3) is 0.345. The predicted molar refractivity (Wildman–Crippen MR) is 151 cm³/mol. The number of anilines is 1.